The number of rotatable bonds is 6. The summed E-state index contributed by atoms with van der Waals surface area (Å²) in [6.07, 6.45) is 12.3. The van der Waals surface area contributed by atoms with Gasteiger partial charge in [0.05, 0.1) is 12.7 Å². The number of aliphatic carboxylic acids is 1. The van der Waals surface area contributed by atoms with Gasteiger partial charge >= 0.3 is 5.97 Å². The van der Waals surface area contributed by atoms with Crippen LogP contribution in [0.25, 0.3) is 0 Å². The molecular weight excluding hydrogens is 342 g/mol. The predicted molar refractivity (Wildman–Crippen MR) is 103 cm³/mol. The molecule has 2 saturated carbocycles. The van der Waals surface area contributed by atoms with E-state index in [1.807, 2.05) is 6.08 Å². The van der Waals surface area contributed by atoms with Crippen LogP contribution in [0.4, 0.5) is 0 Å². The summed E-state index contributed by atoms with van der Waals surface area (Å²) in [5, 5.41) is 30.5. The minimum Gasteiger partial charge on any atom is -0.480 e. The Morgan fingerprint density at radius 3 is 2.59 bits per heavy atom. The maximum absolute atomic E-state index is 12.9. The number of hydrogen-bond donors (Lipinski definition) is 3. The summed E-state index contributed by atoms with van der Waals surface area (Å²) in [7, 11) is 0. The van der Waals surface area contributed by atoms with Gasteiger partial charge < -0.3 is 15.3 Å². The zero-order valence-corrected chi connectivity index (χ0v) is 16.5. The zero-order valence-electron chi connectivity index (χ0n) is 16.5. The fraction of sp³-hybridized carbons (Fsp3) is 0.864. The second-order valence-corrected chi connectivity index (χ2v) is 9.34. The highest BCUT2D eigenvalue weighted by Crippen LogP contribution is 2.58. The van der Waals surface area contributed by atoms with Crippen molar-refractivity contribution in [3.05, 3.63) is 12.2 Å². The van der Waals surface area contributed by atoms with E-state index in [9.17, 15) is 15.0 Å². The highest BCUT2D eigenvalue weighted by molar-refractivity contribution is 5.80. The summed E-state index contributed by atoms with van der Waals surface area (Å²) in [4.78, 5) is 15.3. The number of hydrogen-bond acceptors (Lipinski definition) is 4. The monoisotopic (exact) mass is 377 g/mol. The summed E-state index contributed by atoms with van der Waals surface area (Å²) in [5.41, 5.74) is -0.730. The molecule has 4 rings (SSSR count). The Morgan fingerprint density at radius 1 is 1.22 bits per heavy atom. The SMILES string of the molecule is CCCC1CCC2C[C@@H]3[C@@H](C=CCO)[C@H](O)C[C@H]3N2C1(C(=O)O)C1CCC1. The molecule has 0 radical (unpaired) electrons. The van der Waals surface area contributed by atoms with Gasteiger partial charge in [-0.05, 0) is 62.7 Å². The van der Waals surface area contributed by atoms with E-state index < -0.39 is 17.6 Å². The first kappa shape index (κ1) is 19.4. The molecule has 27 heavy (non-hydrogen) atoms. The van der Waals surface area contributed by atoms with Gasteiger partial charge in [0.15, 0.2) is 0 Å². The molecular formula is C22H35NO4. The standard InChI is InChI=1S/C22H35NO4/c1-2-5-14-9-10-16-12-18-17(8-4-11-24)20(25)13-19(18)23(16)22(14,21(26)27)15-6-3-7-15/h4,8,14-20,24-25H,2-3,5-7,9-13H2,1H3,(H,26,27)/t14?,16?,17-,18-,19-,20-,22?/m1/s1. The number of carboxylic acids is 1. The summed E-state index contributed by atoms with van der Waals surface area (Å²) in [6.45, 7) is 2.16. The van der Waals surface area contributed by atoms with Crippen LogP contribution >= 0.6 is 0 Å². The molecule has 3 N–H and O–H groups in total. The van der Waals surface area contributed by atoms with E-state index in [4.69, 9.17) is 5.11 Å². The maximum Gasteiger partial charge on any atom is 0.324 e. The lowest BCUT2D eigenvalue weighted by molar-refractivity contribution is -0.179. The Kier molecular flexibility index (Phi) is 5.38. The van der Waals surface area contributed by atoms with Crippen LogP contribution in [0.1, 0.15) is 64.7 Å². The molecule has 0 aromatic carbocycles. The van der Waals surface area contributed by atoms with Gasteiger partial charge in [0, 0.05) is 18.0 Å². The minimum atomic E-state index is -0.730. The van der Waals surface area contributed by atoms with Gasteiger partial charge in [0.25, 0.3) is 0 Å². The van der Waals surface area contributed by atoms with Crippen LogP contribution in [0.3, 0.4) is 0 Å². The largest absolute Gasteiger partial charge is 0.480 e. The molecule has 0 amide bonds. The molecule has 0 bridgehead atoms. The molecule has 2 saturated heterocycles. The fourth-order valence-electron chi connectivity index (χ4n) is 7.17. The number of piperidine rings is 1. The molecule has 4 aliphatic rings. The molecule has 2 aliphatic carbocycles. The molecule has 7 atom stereocenters. The van der Waals surface area contributed by atoms with Crippen LogP contribution in [-0.4, -0.2) is 56.5 Å². The molecule has 0 spiro atoms. The topological polar surface area (TPSA) is 81.0 Å². The van der Waals surface area contributed by atoms with E-state index in [0.717, 1.165) is 51.4 Å². The van der Waals surface area contributed by atoms with Gasteiger partial charge in [-0.15, -0.1) is 0 Å². The predicted octanol–water partition coefficient (Wildman–Crippen LogP) is 2.81. The third-order valence-corrected chi connectivity index (χ3v) is 8.28. The van der Waals surface area contributed by atoms with Gasteiger partial charge in [-0.25, -0.2) is 0 Å². The molecule has 152 valence electrons. The molecule has 0 aromatic heterocycles. The van der Waals surface area contributed by atoms with Gasteiger partial charge in [0.2, 0.25) is 0 Å². The molecule has 3 unspecified atom stereocenters. The Morgan fingerprint density at radius 2 is 2.00 bits per heavy atom. The van der Waals surface area contributed by atoms with Crippen LogP contribution in [0.5, 0.6) is 0 Å². The van der Waals surface area contributed by atoms with Crippen molar-refractivity contribution in [1.82, 2.24) is 4.90 Å². The average molecular weight is 378 g/mol. The maximum atomic E-state index is 12.9. The first-order valence-corrected chi connectivity index (χ1v) is 11.0. The van der Waals surface area contributed by atoms with Crippen molar-refractivity contribution in [2.24, 2.45) is 23.7 Å². The van der Waals surface area contributed by atoms with Crippen molar-refractivity contribution < 1.29 is 20.1 Å². The molecule has 5 nitrogen and oxygen atoms in total. The second-order valence-electron chi connectivity index (χ2n) is 9.34. The second kappa shape index (κ2) is 7.49. The number of nitrogens with zero attached hydrogens (tertiary/aromatic N) is 1. The minimum absolute atomic E-state index is 0.00649. The van der Waals surface area contributed by atoms with Gasteiger partial charge in [-0.3, -0.25) is 9.69 Å². The third-order valence-electron chi connectivity index (χ3n) is 8.28. The summed E-state index contributed by atoms with van der Waals surface area (Å²) in [6, 6.07) is 0.497. The molecule has 2 heterocycles. The van der Waals surface area contributed by atoms with Gasteiger partial charge in [-0.1, -0.05) is 31.9 Å². The summed E-state index contributed by atoms with van der Waals surface area (Å²) in [5.74, 6) is 0.235. The lowest BCUT2D eigenvalue weighted by Crippen LogP contribution is -2.70. The van der Waals surface area contributed by atoms with Crippen molar-refractivity contribution in [2.75, 3.05) is 6.61 Å². The molecule has 4 fully saturated rings. The Hall–Kier alpha value is -0.910. The number of aliphatic hydroxyl groups excluding tert-OH is 2. The van der Waals surface area contributed by atoms with Crippen LogP contribution in [0.2, 0.25) is 0 Å². The number of aliphatic hydroxyl groups is 2. The normalized spacial score (nSPS) is 45.0. The van der Waals surface area contributed by atoms with Crippen molar-refractivity contribution >= 4 is 5.97 Å². The fourth-order valence-corrected chi connectivity index (χ4v) is 7.17. The first-order valence-electron chi connectivity index (χ1n) is 11.0. The molecule has 5 heteroatoms. The Bertz CT molecular complexity index is 589. The highest BCUT2D eigenvalue weighted by Gasteiger charge is 2.66. The van der Waals surface area contributed by atoms with Crippen LogP contribution in [0, 0.1) is 23.7 Å². The quantitative estimate of drug-likeness (QED) is 0.620. The van der Waals surface area contributed by atoms with E-state index in [1.165, 1.54) is 0 Å². The van der Waals surface area contributed by atoms with Crippen LogP contribution < -0.4 is 0 Å². The van der Waals surface area contributed by atoms with Gasteiger partial charge in [0.1, 0.15) is 5.54 Å². The lowest BCUT2D eigenvalue weighted by Gasteiger charge is -2.58. The van der Waals surface area contributed by atoms with E-state index in [1.54, 1.807) is 6.08 Å². The summed E-state index contributed by atoms with van der Waals surface area (Å²) >= 11 is 0. The highest BCUT2D eigenvalue weighted by atomic mass is 16.4. The van der Waals surface area contributed by atoms with Crippen LogP contribution in [-0.2, 0) is 4.79 Å². The zero-order chi connectivity index (χ0) is 19.2. The lowest BCUT2D eigenvalue weighted by atomic mass is 9.59. The Labute approximate surface area is 162 Å². The van der Waals surface area contributed by atoms with E-state index in [0.29, 0.717) is 18.4 Å². The van der Waals surface area contributed by atoms with E-state index >= 15 is 0 Å². The Balaban J connectivity index is 1.72. The summed E-state index contributed by atoms with van der Waals surface area (Å²) < 4.78 is 0. The molecule has 0 aromatic rings. The van der Waals surface area contributed by atoms with Crippen molar-refractivity contribution in [1.29, 1.82) is 0 Å². The number of carbonyl (C=O) groups is 1. The molecule has 2 aliphatic heterocycles. The van der Waals surface area contributed by atoms with Crippen molar-refractivity contribution in [3.63, 3.8) is 0 Å². The number of carboxylic acid groups (broad SMARTS) is 1. The number of fused-ring (bicyclic) bond motifs is 3. The van der Waals surface area contributed by atoms with Gasteiger partial charge in [-0.2, -0.15) is 0 Å². The van der Waals surface area contributed by atoms with Crippen molar-refractivity contribution in [2.45, 2.75) is 88.4 Å². The van der Waals surface area contributed by atoms with Crippen molar-refractivity contribution in [3.8, 4) is 0 Å². The van der Waals surface area contributed by atoms with Crippen LogP contribution in [0.15, 0.2) is 12.2 Å². The van der Waals surface area contributed by atoms with E-state index in [2.05, 4.69) is 11.8 Å². The first-order chi connectivity index (χ1) is 13.1. The smallest absolute Gasteiger partial charge is 0.324 e. The average Bonchev–Trinajstić information content (AvgIpc) is 3.08. The van der Waals surface area contributed by atoms with E-state index in [-0.39, 0.29) is 30.4 Å². The third kappa shape index (κ3) is 2.80.